The monoisotopic (exact) mass is 308 g/mol. The second-order valence-electron chi connectivity index (χ2n) is 4.49. The Morgan fingerprint density at radius 1 is 1.55 bits per heavy atom. The van der Waals surface area contributed by atoms with E-state index in [9.17, 15) is 18.0 Å². The van der Waals surface area contributed by atoms with Crippen molar-refractivity contribution in [3.63, 3.8) is 0 Å². The first-order valence-electron chi connectivity index (χ1n) is 5.89. The summed E-state index contributed by atoms with van der Waals surface area (Å²) in [4.78, 5) is 15.4. The summed E-state index contributed by atoms with van der Waals surface area (Å²) in [5.74, 6) is -0.633. The first kappa shape index (κ1) is 15.1. The van der Waals surface area contributed by atoms with Crippen molar-refractivity contribution >= 4 is 17.6 Å². The average molecular weight is 309 g/mol. The maximum Gasteiger partial charge on any atom is 0.417 e. The Kier molecular flexibility index (Phi) is 4.19. The number of aromatic nitrogens is 1. The minimum absolute atomic E-state index is 0.0402. The van der Waals surface area contributed by atoms with Crippen LogP contribution in [0, 0.1) is 0 Å². The number of nitrogens with one attached hydrogen (secondary N) is 1. The number of methoxy groups -OCH3 is 1. The predicted octanol–water partition coefficient (Wildman–Crippen LogP) is 2.72. The largest absolute Gasteiger partial charge is 0.468 e. The third-order valence-electron chi connectivity index (χ3n) is 2.89. The number of ether oxygens (including phenoxy) is 1. The van der Waals surface area contributed by atoms with Crippen molar-refractivity contribution in [1.29, 1.82) is 0 Å². The molecule has 1 atom stereocenters. The molecule has 8 heteroatoms. The zero-order valence-electron chi connectivity index (χ0n) is 10.5. The number of carbonyl (C=O) groups excluding carboxylic acids is 1. The van der Waals surface area contributed by atoms with Crippen molar-refractivity contribution in [2.24, 2.45) is 0 Å². The molecule has 0 bridgehead atoms. The standard InChI is InChI=1S/C12H12ClF3N2O2/c1-20-11(19)10(18-7-2-3-7)9-8(13)4-6(5-17-9)12(14,15)16/h4-5,7,10,18H,2-3H2,1H3. The van der Waals surface area contributed by atoms with Crippen molar-refractivity contribution in [1.82, 2.24) is 10.3 Å². The molecule has 1 unspecified atom stereocenters. The lowest BCUT2D eigenvalue weighted by atomic mass is 10.1. The molecule has 0 spiro atoms. The normalized spacial score (nSPS) is 16.9. The lowest BCUT2D eigenvalue weighted by Gasteiger charge is -2.17. The number of nitrogens with zero attached hydrogens (tertiary/aromatic N) is 1. The molecular formula is C12H12ClF3N2O2. The first-order valence-corrected chi connectivity index (χ1v) is 6.27. The maximum atomic E-state index is 12.5. The van der Waals surface area contributed by atoms with Gasteiger partial charge < -0.3 is 4.74 Å². The van der Waals surface area contributed by atoms with Crippen molar-refractivity contribution in [3.05, 3.63) is 28.5 Å². The fourth-order valence-corrected chi connectivity index (χ4v) is 1.95. The Morgan fingerprint density at radius 3 is 2.65 bits per heavy atom. The average Bonchev–Trinajstić information content (AvgIpc) is 3.18. The van der Waals surface area contributed by atoms with Gasteiger partial charge in [0.15, 0.2) is 6.04 Å². The number of carbonyl (C=O) groups is 1. The van der Waals surface area contributed by atoms with Crippen LogP contribution in [-0.2, 0) is 15.7 Å². The van der Waals surface area contributed by atoms with Gasteiger partial charge in [0.2, 0.25) is 0 Å². The van der Waals surface area contributed by atoms with Gasteiger partial charge in [-0.25, -0.2) is 4.79 Å². The van der Waals surface area contributed by atoms with Gasteiger partial charge >= 0.3 is 12.1 Å². The molecule has 2 rings (SSSR count). The molecule has 1 heterocycles. The third kappa shape index (κ3) is 3.40. The summed E-state index contributed by atoms with van der Waals surface area (Å²) in [7, 11) is 1.20. The van der Waals surface area contributed by atoms with Crippen molar-refractivity contribution in [2.45, 2.75) is 31.1 Å². The summed E-state index contributed by atoms with van der Waals surface area (Å²) in [6.45, 7) is 0. The molecule has 1 aromatic rings. The Hall–Kier alpha value is -1.34. The van der Waals surface area contributed by atoms with Gasteiger partial charge in [-0.1, -0.05) is 11.6 Å². The minimum atomic E-state index is -4.53. The highest BCUT2D eigenvalue weighted by molar-refractivity contribution is 6.31. The van der Waals surface area contributed by atoms with Gasteiger partial charge in [-0.3, -0.25) is 10.3 Å². The van der Waals surface area contributed by atoms with E-state index in [2.05, 4.69) is 15.0 Å². The van der Waals surface area contributed by atoms with E-state index < -0.39 is 23.8 Å². The van der Waals surface area contributed by atoms with E-state index in [-0.39, 0.29) is 16.8 Å². The molecule has 4 nitrogen and oxygen atoms in total. The zero-order valence-corrected chi connectivity index (χ0v) is 11.3. The van der Waals surface area contributed by atoms with Gasteiger partial charge in [0.25, 0.3) is 0 Å². The van der Waals surface area contributed by atoms with Crippen LogP contribution in [0.15, 0.2) is 12.3 Å². The number of hydrogen-bond acceptors (Lipinski definition) is 4. The van der Waals surface area contributed by atoms with Crippen LogP contribution < -0.4 is 5.32 Å². The number of hydrogen-bond donors (Lipinski definition) is 1. The number of pyridine rings is 1. The van der Waals surface area contributed by atoms with Crippen LogP contribution in [0.3, 0.4) is 0 Å². The molecule has 1 fully saturated rings. The van der Waals surface area contributed by atoms with Crippen LogP contribution >= 0.6 is 11.6 Å². The van der Waals surface area contributed by atoms with E-state index in [4.69, 9.17) is 11.6 Å². The Morgan fingerprint density at radius 2 is 2.20 bits per heavy atom. The summed E-state index contributed by atoms with van der Waals surface area (Å²) in [6.07, 6.45) is -2.08. The second kappa shape index (κ2) is 5.57. The summed E-state index contributed by atoms with van der Waals surface area (Å²) < 4.78 is 42.2. The zero-order chi connectivity index (χ0) is 14.9. The molecule has 0 amide bonds. The van der Waals surface area contributed by atoms with Crippen LogP contribution in [0.2, 0.25) is 5.02 Å². The van der Waals surface area contributed by atoms with Gasteiger partial charge in [0.1, 0.15) is 0 Å². The van der Waals surface area contributed by atoms with Crippen molar-refractivity contribution in [3.8, 4) is 0 Å². The molecule has 0 radical (unpaired) electrons. The molecule has 1 aliphatic rings. The van der Waals surface area contributed by atoms with Gasteiger partial charge in [0.05, 0.1) is 23.4 Å². The van der Waals surface area contributed by atoms with E-state index in [0.717, 1.165) is 18.9 Å². The fourth-order valence-electron chi connectivity index (χ4n) is 1.68. The van der Waals surface area contributed by atoms with E-state index in [1.165, 1.54) is 7.11 Å². The lowest BCUT2D eigenvalue weighted by molar-refractivity contribution is -0.143. The van der Waals surface area contributed by atoms with Crippen LogP contribution in [0.5, 0.6) is 0 Å². The highest BCUT2D eigenvalue weighted by atomic mass is 35.5. The SMILES string of the molecule is COC(=O)C(NC1CC1)c1ncc(C(F)(F)F)cc1Cl. The quantitative estimate of drug-likeness (QED) is 0.869. The molecular weight excluding hydrogens is 297 g/mol. The van der Waals surface area contributed by atoms with E-state index in [1.54, 1.807) is 0 Å². The lowest BCUT2D eigenvalue weighted by Crippen LogP contribution is -2.32. The van der Waals surface area contributed by atoms with Gasteiger partial charge in [-0.2, -0.15) is 13.2 Å². The highest BCUT2D eigenvalue weighted by Crippen LogP contribution is 2.33. The minimum Gasteiger partial charge on any atom is -0.468 e. The topological polar surface area (TPSA) is 51.2 Å². The van der Waals surface area contributed by atoms with Crippen LogP contribution in [0.4, 0.5) is 13.2 Å². The van der Waals surface area contributed by atoms with Crippen molar-refractivity contribution in [2.75, 3.05) is 7.11 Å². The number of rotatable bonds is 4. The van der Waals surface area contributed by atoms with Crippen LogP contribution in [-0.4, -0.2) is 24.1 Å². The molecule has 20 heavy (non-hydrogen) atoms. The summed E-state index contributed by atoms with van der Waals surface area (Å²) in [5.41, 5.74) is -0.917. The van der Waals surface area contributed by atoms with Gasteiger partial charge in [-0.05, 0) is 18.9 Å². The van der Waals surface area contributed by atoms with Crippen LogP contribution in [0.1, 0.15) is 30.1 Å². The summed E-state index contributed by atoms with van der Waals surface area (Å²) >= 11 is 5.82. The van der Waals surface area contributed by atoms with Crippen molar-refractivity contribution < 1.29 is 22.7 Å². The molecule has 0 saturated heterocycles. The van der Waals surface area contributed by atoms with Gasteiger partial charge in [0, 0.05) is 12.2 Å². The molecule has 1 N–H and O–H groups in total. The predicted molar refractivity (Wildman–Crippen MR) is 65.2 cm³/mol. The van der Waals surface area contributed by atoms with E-state index >= 15 is 0 Å². The fraction of sp³-hybridized carbons (Fsp3) is 0.500. The second-order valence-corrected chi connectivity index (χ2v) is 4.89. The molecule has 0 aromatic carbocycles. The number of esters is 1. The van der Waals surface area contributed by atoms with E-state index in [0.29, 0.717) is 6.20 Å². The molecule has 1 aliphatic carbocycles. The summed E-state index contributed by atoms with van der Waals surface area (Å²) in [5, 5.41) is 2.74. The Labute approximate surface area is 118 Å². The Bertz CT molecular complexity index is 518. The first-order chi connectivity index (χ1) is 9.32. The molecule has 110 valence electrons. The molecule has 0 aliphatic heterocycles. The summed E-state index contributed by atoms with van der Waals surface area (Å²) in [6, 6.07) is -0.0597. The van der Waals surface area contributed by atoms with Crippen LogP contribution in [0.25, 0.3) is 0 Å². The third-order valence-corrected chi connectivity index (χ3v) is 3.19. The molecule has 1 aromatic heterocycles. The maximum absolute atomic E-state index is 12.5. The Balaban J connectivity index is 2.30. The number of alkyl halides is 3. The highest BCUT2D eigenvalue weighted by Gasteiger charge is 2.35. The van der Waals surface area contributed by atoms with E-state index in [1.807, 2.05) is 0 Å². The smallest absolute Gasteiger partial charge is 0.417 e. The van der Waals surface area contributed by atoms with Gasteiger partial charge in [-0.15, -0.1) is 0 Å². The number of halogens is 4. The molecule has 1 saturated carbocycles.